The molecule has 0 atom stereocenters. The van der Waals surface area contributed by atoms with E-state index in [2.05, 4.69) is 48.5 Å². The van der Waals surface area contributed by atoms with Gasteiger partial charge in [0.25, 0.3) is 9.84 Å². The molecule has 1 aliphatic rings. The molecule has 0 aliphatic carbocycles. The summed E-state index contributed by atoms with van der Waals surface area (Å²) in [4.78, 5) is 10.2. The molecule has 3 rings (SSSR count). The van der Waals surface area contributed by atoms with Gasteiger partial charge in [0.15, 0.2) is 0 Å². The second kappa shape index (κ2) is 8.90. The Morgan fingerprint density at radius 2 is 1.72 bits per heavy atom. The van der Waals surface area contributed by atoms with Gasteiger partial charge in [-0.1, -0.05) is 0 Å². The number of benzene rings is 1. The molecule has 0 N–H and O–H groups in total. The van der Waals surface area contributed by atoms with Crippen LogP contribution in [0.1, 0.15) is 33.3 Å². The summed E-state index contributed by atoms with van der Waals surface area (Å²) in [5.74, 6) is 0.933. The Morgan fingerprint density at radius 3 is 2.28 bits per heavy atom. The molecular weight excluding hydrogens is 441 g/mol. The molecular formula is C22H29F3N4O2S. The smallest absolute Gasteiger partial charge is 0.357 e. The molecule has 0 unspecified atom stereocenters. The van der Waals surface area contributed by atoms with E-state index in [1.54, 1.807) is 0 Å². The van der Waals surface area contributed by atoms with Crippen LogP contribution < -0.4 is 9.80 Å². The number of alkyl halides is 3. The Labute approximate surface area is 187 Å². The first-order chi connectivity index (χ1) is 14.9. The van der Waals surface area contributed by atoms with Crippen LogP contribution in [0.3, 0.4) is 0 Å². The van der Waals surface area contributed by atoms with E-state index in [1.165, 1.54) is 12.1 Å². The van der Waals surface area contributed by atoms with Crippen molar-refractivity contribution < 1.29 is 21.6 Å². The van der Waals surface area contributed by atoms with Gasteiger partial charge in [0.1, 0.15) is 5.82 Å². The first-order valence-corrected chi connectivity index (χ1v) is 12.0. The van der Waals surface area contributed by atoms with Gasteiger partial charge in [-0.2, -0.15) is 13.2 Å². The summed E-state index contributed by atoms with van der Waals surface area (Å²) in [6, 6.07) is 8.98. The highest BCUT2D eigenvalue weighted by Crippen LogP contribution is 2.34. The zero-order valence-corrected chi connectivity index (χ0v) is 19.5. The second-order valence-corrected chi connectivity index (χ2v) is 10.4. The van der Waals surface area contributed by atoms with Gasteiger partial charge < -0.3 is 9.80 Å². The minimum absolute atomic E-state index is 0.185. The molecule has 0 saturated carbocycles. The maximum atomic E-state index is 12.8. The molecule has 1 aromatic carbocycles. The first kappa shape index (κ1) is 24.3. The van der Waals surface area contributed by atoms with E-state index in [0.717, 1.165) is 36.6 Å². The molecule has 2 heterocycles. The number of pyridine rings is 1. The monoisotopic (exact) mass is 470 g/mol. The van der Waals surface area contributed by atoms with Crippen LogP contribution in [0.25, 0.3) is 0 Å². The molecule has 0 bridgehead atoms. The number of aromatic nitrogens is 1. The van der Waals surface area contributed by atoms with Crippen molar-refractivity contribution in [3.05, 3.63) is 48.2 Å². The summed E-state index contributed by atoms with van der Waals surface area (Å²) in [5.41, 5.74) is -3.69. The van der Waals surface area contributed by atoms with Gasteiger partial charge >= 0.3 is 5.51 Å². The van der Waals surface area contributed by atoms with Crippen LogP contribution in [0.5, 0.6) is 0 Å². The number of hydrogen-bond acceptors (Lipinski definition) is 6. The minimum atomic E-state index is -5.35. The Balaban J connectivity index is 1.77. The first-order valence-electron chi connectivity index (χ1n) is 10.5. The zero-order valence-electron chi connectivity index (χ0n) is 18.7. The van der Waals surface area contributed by atoms with Crippen molar-refractivity contribution in [2.75, 3.05) is 36.1 Å². The molecule has 176 valence electrons. The van der Waals surface area contributed by atoms with E-state index in [9.17, 15) is 21.6 Å². The molecule has 1 aliphatic heterocycles. The van der Waals surface area contributed by atoms with Crippen molar-refractivity contribution >= 4 is 21.3 Å². The molecule has 0 spiro atoms. The SMILES string of the molecule is CCN(CC)c1cc(CN2CN(c3ccc(S(=O)(=O)C(F)(F)F)cc3)CC2(C)C)ccn1. The molecule has 0 radical (unpaired) electrons. The van der Waals surface area contributed by atoms with Crippen molar-refractivity contribution in [2.45, 2.75) is 50.2 Å². The third-order valence-electron chi connectivity index (χ3n) is 5.86. The van der Waals surface area contributed by atoms with Gasteiger partial charge in [0.05, 0.1) is 11.6 Å². The fourth-order valence-electron chi connectivity index (χ4n) is 3.92. The van der Waals surface area contributed by atoms with Crippen LogP contribution in [-0.2, 0) is 16.4 Å². The van der Waals surface area contributed by atoms with Crippen LogP contribution in [0.4, 0.5) is 24.7 Å². The lowest BCUT2D eigenvalue weighted by atomic mass is 10.0. The summed E-state index contributed by atoms with van der Waals surface area (Å²) >= 11 is 0. The number of rotatable bonds is 7. The molecule has 32 heavy (non-hydrogen) atoms. The predicted molar refractivity (Wildman–Crippen MR) is 119 cm³/mol. The predicted octanol–water partition coefficient (Wildman–Crippen LogP) is 4.28. The number of halogens is 3. The van der Waals surface area contributed by atoms with E-state index in [4.69, 9.17) is 0 Å². The average Bonchev–Trinajstić information content (AvgIpc) is 3.02. The molecule has 1 saturated heterocycles. The average molecular weight is 471 g/mol. The number of hydrogen-bond donors (Lipinski definition) is 0. The van der Waals surface area contributed by atoms with E-state index in [0.29, 0.717) is 25.4 Å². The zero-order chi connectivity index (χ0) is 23.7. The summed E-state index contributed by atoms with van der Waals surface area (Å²) in [6.45, 7) is 12.1. The molecule has 0 amide bonds. The maximum absolute atomic E-state index is 12.8. The van der Waals surface area contributed by atoms with Crippen molar-refractivity contribution in [2.24, 2.45) is 0 Å². The van der Waals surface area contributed by atoms with E-state index in [1.807, 2.05) is 17.2 Å². The summed E-state index contributed by atoms with van der Waals surface area (Å²) in [7, 11) is -5.35. The van der Waals surface area contributed by atoms with Crippen LogP contribution >= 0.6 is 0 Å². The second-order valence-electron chi connectivity index (χ2n) is 8.49. The van der Waals surface area contributed by atoms with Crippen molar-refractivity contribution in [1.29, 1.82) is 0 Å². The lowest BCUT2D eigenvalue weighted by Crippen LogP contribution is -2.39. The topological polar surface area (TPSA) is 56.8 Å². The highest BCUT2D eigenvalue weighted by Gasteiger charge is 2.47. The molecule has 1 aromatic heterocycles. The molecule has 6 nitrogen and oxygen atoms in total. The fourth-order valence-corrected chi connectivity index (χ4v) is 4.68. The fraction of sp³-hybridized carbons (Fsp3) is 0.500. The van der Waals surface area contributed by atoms with Gasteiger partial charge in [-0.05, 0) is 69.7 Å². The summed E-state index contributed by atoms with van der Waals surface area (Å²) < 4.78 is 61.6. The Hall–Kier alpha value is -2.33. The Morgan fingerprint density at radius 1 is 1.09 bits per heavy atom. The summed E-state index contributed by atoms with van der Waals surface area (Å²) in [6.07, 6.45) is 1.81. The van der Waals surface area contributed by atoms with Gasteiger partial charge in [0.2, 0.25) is 0 Å². The largest absolute Gasteiger partial charge is 0.501 e. The number of nitrogens with zero attached hydrogens (tertiary/aromatic N) is 4. The van der Waals surface area contributed by atoms with Gasteiger partial charge in [-0.15, -0.1) is 0 Å². The highest BCUT2D eigenvalue weighted by molar-refractivity contribution is 7.92. The third kappa shape index (κ3) is 4.85. The van der Waals surface area contributed by atoms with Crippen molar-refractivity contribution in [3.8, 4) is 0 Å². The minimum Gasteiger partial charge on any atom is -0.357 e. The lowest BCUT2D eigenvalue weighted by molar-refractivity contribution is -0.0436. The van der Waals surface area contributed by atoms with E-state index in [-0.39, 0.29) is 5.54 Å². The van der Waals surface area contributed by atoms with Crippen molar-refractivity contribution in [3.63, 3.8) is 0 Å². The van der Waals surface area contributed by atoms with Crippen LogP contribution in [0, 0.1) is 0 Å². The quantitative estimate of drug-likeness (QED) is 0.602. The highest BCUT2D eigenvalue weighted by atomic mass is 32.2. The van der Waals surface area contributed by atoms with Crippen LogP contribution in [-0.4, -0.2) is 55.7 Å². The number of anilines is 2. The Bertz CT molecular complexity index is 1040. The standard InChI is InChI=1S/C22H29F3N4O2S/c1-5-27(6-2)20-13-17(11-12-26-20)14-29-16-28(15-21(29,3)4)18-7-9-19(10-8-18)32(30,31)22(23,24)25/h7-13H,5-6,14-16H2,1-4H3. The van der Waals surface area contributed by atoms with Gasteiger partial charge in [0, 0.05) is 43.6 Å². The van der Waals surface area contributed by atoms with Gasteiger partial charge in [-0.25, -0.2) is 13.4 Å². The van der Waals surface area contributed by atoms with E-state index < -0.39 is 20.2 Å². The third-order valence-corrected chi connectivity index (χ3v) is 7.37. The molecule has 10 heteroatoms. The van der Waals surface area contributed by atoms with Crippen LogP contribution in [0.2, 0.25) is 0 Å². The normalized spacial score (nSPS) is 17.0. The summed E-state index contributed by atoms with van der Waals surface area (Å²) in [5, 5.41) is 0. The molecule has 2 aromatic rings. The lowest BCUT2D eigenvalue weighted by Gasteiger charge is -2.30. The maximum Gasteiger partial charge on any atom is 0.501 e. The Kier molecular flexibility index (Phi) is 6.76. The van der Waals surface area contributed by atoms with Gasteiger partial charge in [-0.3, -0.25) is 4.90 Å². The van der Waals surface area contributed by atoms with E-state index >= 15 is 0 Å². The van der Waals surface area contributed by atoms with Crippen molar-refractivity contribution in [1.82, 2.24) is 9.88 Å². The van der Waals surface area contributed by atoms with Crippen LogP contribution in [0.15, 0.2) is 47.5 Å². The molecule has 1 fully saturated rings. The number of sulfone groups is 1.